The Morgan fingerprint density at radius 1 is 1.56 bits per heavy atom. The number of benzene rings is 1. The Hall–Kier alpha value is -1.33. The Labute approximate surface area is 97.4 Å². The van der Waals surface area contributed by atoms with Crippen LogP contribution in [0.4, 0.5) is 11.4 Å². The van der Waals surface area contributed by atoms with Crippen LogP contribution in [0.25, 0.3) is 0 Å². The topological polar surface area (TPSA) is 66.6 Å². The van der Waals surface area contributed by atoms with E-state index in [-0.39, 0.29) is 5.69 Å². The fourth-order valence-electron chi connectivity index (χ4n) is 1.86. The van der Waals surface area contributed by atoms with Crippen LogP contribution < -0.4 is 4.90 Å². The molecule has 0 saturated carbocycles. The zero-order valence-electron chi connectivity index (χ0n) is 8.47. The van der Waals surface area contributed by atoms with Crippen molar-refractivity contribution < 1.29 is 10.0 Å². The zero-order chi connectivity index (χ0) is 11.7. The molecule has 1 unspecified atom stereocenters. The highest BCUT2D eigenvalue weighted by atomic mass is 35.5. The first kappa shape index (κ1) is 11.2. The van der Waals surface area contributed by atoms with Gasteiger partial charge in [0.1, 0.15) is 5.69 Å². The van der Waals surface area contributed by atoms with E-state index in [1.54, 1.807) is 11.0 Å². The van der Waals surface area contributed by atoms with Crippen molar-refractivity contribution in [3.63, 3.8) is 0 Å². The normalized spacial score (nSPS) is 20.1. The van der Waals surface area contributed by atoms with Gasteiger partial charge in [0.2, 0.25) is 0 Å². The lowest BCUT2D eigenvalue weighted by atomic mass is 10.2. The van der Waals surface area contributed by atoms with E-state index in [1.165, 1.54) is 12.1 Å². The standard InChI is InChI=1S/C10H11ClN2O3/c11-7-1-2-9(13(15)16)10(5-7)12-4-3-8(14)6-12/h1-2,5,8,14H,3-4,6H2. The monoisotopic (exact) mass is 242 g/mol. The molecule has 16 heavy (non-hydrogen) atoms. The van der Waals surface area contributed by atoms with Gasteiger partial charge >= 0.3 is 0 Å². The quantitative estimate of drug-likeness (QED) is 0.635. The van der Waals surface area contributed by atoms with E-state index in [0.717, 1.165) is 0 Å². The second kappa shape index (κ2) is 4.27. The van der Waals surface area contributed by atoms with Gasteiger partial charge in [-0.15, -0.1) is 0 Å². The fraction of sp³-hybridized carbons (Fsp3) is 0.400. The molecular formula is C10H11ClN2O3. The second-order valence-corrected chi connectivity index (χ2v) is 4.22. The third-order valence-electron chi connectivity index (χ3n) is 2.64. The summed E-state index contributed by atoms with van der Waals surface area (Å²) in [4.78, 5) is 12.2. The molecule has 1 saturated heterocycles. The van der Waals surface area contributed by atoms with Crippen molar-refractivity contribution >= 4 is 23.0 Å². The molecule has 1 N–H and O–H groups in total. The molecule has 1 aromatic carbocycles. The Morgan fingerprint density at radius 2 is 2.31 bits per heavy atom. The number of aliphatic hydroxyl groups is 1. The number of rotatable bonds is 2. The van der Waals surface area contributed by atoms with Crippen molar-refractivity contribution in [1.29, 1.82) is 0 Å². The van der Waals surface area contributed by atoms with E-state index >= 15 is 0 Å². The molecule has 1 fully saturated rings. The van der Waals surface area contributed by atoms with E-state index < -0.39 is 11.0 Å². The summed E-state index contributed by atoms with van der Waals surface area (Å²) in [6.45, 7) is 1.03. The minimum absolute atomic E-state index is 0.0264. The average Bonchev–Trinajstić information content (AvgIpc) is 2.64. The maximum Gasteiger partial charge on any atom is 0.292 e. The molecule has 5 nitrogen and oxygen atoms in total. The molecule has 0 bridgehead atoms. The minimum atomic E-state index is -0.434. The number of hydrogen-bond donors (Lipinski definition) is 1. The molecule has 1 aromatic rings. The summed E-state index contributed by atoms with van der Waals surface area (Å²) in [6.07, 6.45) is 0.211. The van der Waals surface area contributed by atoms with Crippen molar-refractivity contribution in [2.75, 3.05) is 18.0 Å². The number of nitrogens with zero attached hydrogens (tertiary/aromatic N) is 2. The Bertz CT molecular complexity index is 425. The van der Waals surface area contributed by atoms with Gasteiger partial charge in [-0.05, 0) is 18.6 Å². The van der Waals surface area contributed by atoms with Gasteiger partial charge in [0, 0.05) is 24.2 Å². The number of hydrogen-bond acceptors (Lipinski definition) is 4. The Balaban J connectivity index is 2.37. The highest BCUT2D eigenvalue weighted by molar-refractivity contribution is 6.31. The number of β-amino-alcohol motifs (C(OH)–C–C–N with tert-alkyl or cyclic N) is 1. The smallest absolute Gasteiger partial charge is 0.292 e. The molecule has 2 rings (SSSR count). The van der Waals surface area contributed by atoms with Crippen LogP contribution in [0.3, 0.4) is 0 Å². The predicted molar refractivity (Wildman–Crippen MR) is 60.9 cm³/mol. The molecule has 0 radical (unpaired) electrons. The number of aliphatic hydroxyl groups excluding tert-OH is 1. The maximum atomic E-state index is 10.8. The van der Waals surface area contributed by atoms with E-state index in [9.17, 15) is 15.2 Å². The number of nitro groups is 1. The molecule has 0 amide bonds. The molecular weight excluding hydrogens is 232 g/mol. The SMILES string of the molecule is O=[N+]([O-])c1ccc(Cl)cc1N1CCC(O)C1. The van der Waals surface area contributed by atoms with Gasteiger partial charge in [-0.1, -0.05) is 11.6 Å². The molecule has 1 aliphatic heterocycles. The largest absolute Gasteiger partial charge is 0.391 e. The summed E-state index contributed by atoms with van der Waals surface area (Å²) in [5, 5.41) is 20.7. The minimum Gasteiger partial charge on any atom is -0.391 e. The predicted octanol–water partition coefficient (Wildman–Crippen LogP) is 1.82. The van der Waals surface area contributed by atoms with Crippen molar-refractivity contribution in [2.24, 2.45) is 0 Å². The van der Waals surface area contributed by atoms with E-state index in [4.69, 9.17) is 11.6 Å². The zero-order valence-corrected chi connectivity index (χ0v) is 9.22. The molecule has 6 heteroatoms. The summed E-state index contributed by atoms with van der Waals surface area (Å²) < 4.78 is 0. The molecule has 0 spiro atoms. The Kier molecular flexibility index (Phi) is 2.98. The lowest BCUT2D eigenvalue weighted by Crippen LogP contribution is -2.22. The molecule has 1 aliphatic rings. The van der Waals surface area contributed by atoms with Crippen LogP contribution in [0.5, 0.6) is 0 Å². The van der Waals surface area contributed by atoms with Crippen LogP contribution in [0, 0.1) is 10.1 Å². The van der Waals surface area contributed by atoms with Gasteiger partial charge in [-0.3, -0.25) is 10.1 Å². The van der Waals surface area contributed by atoms with E-state index in [1.807, 2.05) is 0 Å². The summed E-state index contributed by atoms with van der Waals surface area (Å²) in [7, 11) is 0. The fourth-order valence-corrected chi connectivity index (χ4v) is 2.03. The summed E-state index contributed by atoms with van der Waals surface area (Å²) in [5.74, 6) is 0. The highest BCUT2D eigenvalue weighted by Gasteiger charge is 2.26. The number of halogens is 1. The summed E-state index contributed by atoms with van der Waals surface area (Å²) >= 11 is 5.82. The van der Waals surface area contributed by atoms with Gasteiger partial charge in [-0.2, -0.15) is 0 Å². The van der Waals surface area contributed by atoms with Crippen molar-refractivity contribution in [2.45, 2.75) is 12.5 Å². The summed E-state index contributed by atoms with van der Waals surface area (Å²) in [5.41, 5.74) is 0.507. The Morgan fingerprint density at radius 3 is 2.88 bits per heavy atom. The summed E-state index contributed by atoms with van der Waals surface area (Å²) in [6, 6.07) is 4.45. The van der Waals surface area contributed by atoms with Crippen LogP contribution in [-0.2, 0) is 0 Å². The molecule has 1 atom stereocenters. The number of nitro benzene ring substituents is 1. The number of anilines is 1. The second-order valence-electron chi connectivity index (χ2n) is 3.78. The lowest BCUT2D eigenvalue weighted by molar-refractivity contribution is -0.384. The first-order valence-electron chi connectivity index (χ1n) is 4.95. The third kappa shape index (κ3) is 2.10. The van der Waals surface area contributed by atoms with E-state index in [2.05, 4.69) is 0 Å². The first-order valence-corrected chi connectivity index (χ1v) is 5.32. The molecule has 0 aromatic heterocycles. The first-order chi connectivity index (χ1) is 7.58. The van der Waals surface area contributed by atoms with Crippen LogP contribution in [-0.4, -0.2) is 29.2 Å². The van der Waals surface area contributed by atoms with Crippen LogP contribution in [0.2, 0.25) is 5.02 Å². The van der Waals surface area contributed by atoms with Crippen LogP contribution in [0.1, 0.15) is 6.42 Å². The molecule has 1 heterocycles. The van der Waals surface area contributed by atoms with Crippen molar-refractivity contribution in [3.8, 4) is 0 Å². The average molecular weight is 243 g/mol. The maximum absolute atomic E-state index is 10.8. The lowest BCUT2D eigenvalue weighted by Gasteiger charge is -2.17. The molecule has 0 aliphatic carbocycles. The highest BCUT2D eigenvalue weighted by Crippen LogP contribution is 2.33. The van der Waals surface area contributed by atoms with Crippen LogP contribution in [0.15, 0.2) is 18.2 Å². The van der Waals surface area contributed by atoms with Gasteiger partial charge < -0.3 is 10.0 Å². The molecule has 86 valence electrons. The van der Waals surface area contributed by atoms with E-state index in [0.29, 0.717) is 30.2 Å². The van der Waals surface area contributed by atoms with Gasteiger partial charge in [-0.25, -0.2) is 0 Å². The third-order valence-corrected chi connectivity index (χ3v) is 2.87. The van der Waals surface area contributed by atoms with Crippen molar-refractivity contribution in [3.05, 3.63) is 33.3 Å². The van der Waals surface area contributed by atoms with Gasteiger partial charge in [0.25, 0.3) is 5.69 Å². The van der Waals surface area contributed by atoms with Gasteiger partial charge in [0.15, 0.2) is 0 Å². The van der Waals surface area contributed by atoms with Gasteiger partial charge in [0.05, 0.1) is 11.0 Å². The van der Waals surface area contributed by atoms with Crippen LogP contribution >= 0.6 is 11.6 Å². The van der Waals surface area contributed by atoms with Crippen molar-refractivity contribution in [1.82, 2.24) is 0 Å².